The van der Waals surface area contributed by atoms with Gasteiger partial charge in [0.25, 0.3) is 10.0 Å². The van der Waals surface area contributed by atoms with Crippen LogP contribution in [0.15, 0.2) is 22.7 Å². The van der Waals surface area contributed by atoms with Crippen LogP contribution in [-0.2, 0) is 16.6 Å². The Hall–Kier alpha value is -1.22. The Labute approximate surface area is 115 Å². The fourth-order valence-electron chi connectivity index (χ4n) is 1.63. The van der Waals surface area contributed by atoms with Crippen molar-refractivity contribution in [2.75, 3.05) is 0 Å². The van der Waals surface area contributed by atoms with Gasteiger partial charge in [-0.15, -0.1) is 11.3 Å². The van der Waals surface area contributed by atoms with E-state index in [2.05, 4.69) is 14.9 Å². The van der Waals surface area contributed by atoms with Crippen molar-refractivity contribution in [3.8, 4) is 0 Å². The average Bonchev–Trinajstić information content (AvgIpc) is 2.96. The fraction of sp³-hybridized carbons (Fsp3) is 0.364. The first-order valence-corrected chi connectivity index (χ1v) is 7.95. The Bertz CT molecular complexity index is 647. The maximum absolute atomic E-state index is 12.2. The van der Waals surface area contributed by atoms with Crippen LogP contribution in [0.4, 0.5) is 0 Å². The Kier molecular flexibility index (Phi) is 4.04. The lowest BCUT2D eigenvalue weighted by atomic mass is 10.2. The van der Waals surface area contributed by atoms with Gasteiger partial charge in [-0.05, 0) is 25.5 Å². The number of aryl methyl sites for hydroxylation is 1. The summed E-state index contributed by atoms with van der Waals surface area (Å²) < 4.78 is 27.2. The molecule has 0 aliphatic rings. The van der Waals surface area contributed by atoms with Crippen molar-refractivity contribution in [1.29, 1.82) is 0 Å². The van der Waals surface area contributed by atoms with E-state index in [1.807, 2.05) is 0 Å². The SMILES string of the molecule is Cc1cc(S(=O)(=O)NC(C)c2cn[nH]c2)sc1CO. The van der Waals surface area contributed by atoms with E-state index in [0.717, 1.165) is 22.5 Å². The van der Waals surface area contributed by atoms with Gasteiger partial charge >= 0.3 is 0 Å². The van der Waals surface area contributed by atoms with E-state index in [9.17, 15) is 8.42 Å². The molecule has 2 aromatic heterocycles. The molecule has 2 rings (SSSR count). The third-order valence-electron chi connectivity index (χ3n) is 2.76. The minimum absolute atomic E-state index is 0.149. The zero-order valence-electron chi connectivity index (χ0n) is 10.5. The minimum Gasteiger partial charge on any atom is -0.391 e. The van der Waals surface area contributed by atoms with Crippen LogP contribution in [-0.4, -0.2) is 23.7 Å². The molecule has 3 N–H and O–H groups in total. The Morgan fingerprint density at radius 3 is 2.84 bits per heavy atom. The average molecular weight is 301 g/mol. The van der Waals surface area contributed by atoms with Crippen LogP contribution in [0.1, 0.15) is 29.0 Å². The molecule has 0 fully saturated rings. The van der Waals surface area contributed by atoms with Crippen molar-refractivity contribution in [1.82, 2.24) is 14.9 Å². The van der Waals surface area contributed by atoms with E-state index in [0.29, 0.717) is 4.88 Å². The number of hydrogen-bond donors (Lipinski definition) is 3. The molecular weight excluding hydrogens is 286 g/mol. The summed E-state index contributed by atoms with van der Waals surface area (Å²) in [5.74, 6) is 0. The maximum atomic E-state index is 12.2. The quantitative estimate of drug-likeness (QED) is 0.776. The molecule has 0 saturated heterocycles. The van der Waals surface area contributed by atoms with Crippen LogP contribution in [0.25, 0.3) is 0 Å². The molecule has 1 unspecified atom stereocenters. The van der Waals surface area contributed by atoms with Gasteiger partial charge in [0.15, 0.2) is 0 Å². The van der Waals surface area contributed by atoms with Gasteiger partial charge in [0.2, 0.25) is 0 Å². The number of aromatic nitrogens is 2. The monoisotopic (exact) mass is 301 g/mol. The fourth-order valence-corrected chi connectivity index (χ4v) is 4.33. The highest BCUT2D eigenvalue weighted by atomic mass is 32.2. The van der Waals surface area contributed by atoms with Crippen molar-refractivity contribution in [3.63, 3.8) is 0 Å². The van der Waals surface area contributed by atoms with E-state index in [-0.39, 0.29) is 16.9 Å². The summed E-state index contributed by atoms with van der Waals surface area (Å²) in [6.45, 7) is 3.37. The van der Waals surface area contributed by atoms with E-state index >= 15 is 0 Å². The first kappa shape index (κ1) is 14.2. The molecule has 0 amide bonds. The second-order valence-corrected chi connectivity index (χ2v) is 7.28. The van der Waals surface area contributed by atoms with E-state index in [4.69, 9.17) is 5.11 Å². The number of rotatable bonds is 5. The summed E-state index contributed by atoms with van der Waals surface area (Å²) in [7, 11) is -3.58. The number of sulfonamides is 1. The number of thiophene rings is 1. The van der Waals surface area contributed by atoms with Crippen LogP contribution in [0.2, 0.25) is 0 Å². The molecule has 0 bridgehead atoms. The summed E-state index contributed by atoms with van der Waals surface area (Å²) >= 11 is 1.08. The molecular formula is C11H15N3O3S2. The number of hydrogen-bond acceptors (Lipinski definition) is 5. The number of H-pyrrole nitrogens is 1. The molecule has 104 valence electrons. The lowest BCUT2D eigenvalue weighted by Crippen LogP contribution is -2.26. The van der Waals surface area contributed by atoms with Crippen molar-refractivity contribution in [2.45, 2.75) is 30.7 Å². The predicted octanol–water partition coefficient (Wildman–Crippen LogP) is 1.31. The molecule has 0 aromatic carbocycles. The van der Waals surface area contributed by atoms with Gasteiger partial charge in [0, 0.05) is 22.7 Å². The van der Waals surface area contributed by atoms with Gasteiger partial charge in [-0.3, -0.25) is 5.10 Å². The van der Waals surface area contributed by atoms with E-state index < -0.39 is 10.0 Å². The number of aliphatic hydroxyl groups is 1. The number of aromatic amines is 1. The second kappa shape index (κ2) is 5.41. The van der Waals surface area contributed by atoms with E-state index in [1.165, 1.54) is 0 Å². The van der Waals surface area contributed by atoms with Gasteiger partial charge in [-0.25, -0.2) is 13.1 Å². The molecule has 19 heavy (non-hydrogen) atoms. The number of nitrogens with one attached hydrogen (secondary N) is 2. The van der Waals surface area contributed by atoms with E-state index in [1.54, 1.807) is 32.3 Å². The van der Waals surface area contributed by atoms with Gasteiger partial charge in [-0.1, -0.05) is 0 Å². The molecule has 2 heterocycles. The van der Waals surface area contributed by atoms with Gasteiger partial charge in [0.1, 0.15) is 4.21 Å². The second-order valence-electron chi connectivity index (χ2n) is 4.20. The Morgan fingerprint density at radius 2 is 2.32 bits per heavy atom. The molecule has 1 atom stereocenters. The highest BCUT2D eigenvalue weighted by molar-refractivity contribution is 7.91. The minimum atomic E-state index is -3.58. The van der Waals surface area contributed by atoms with Gasteiger partial charge in [0.05, 0.1) is 12.8 Å². The largest absolute Gasteiger partial charge is 0.391 e. The van der Waals surface area contributed by atoms with Gasteiger partial charge < -0.3 is 5.11 Å². The normalized spacial score (nSPS) is 13.6. The molecule has 0 aliphatic carbocycles. The first-order valence-electron chi connectivity index (χ1n) is 5.65. The lowest BCUT2D eigenvalue weighted by molar-refractivity contribution is 0.285. The van der Waals surface area contributed by atoms with Crippen LogP contribution in [0, 0.1) is 6.92 Å². The summed E-state index contributed by atoms with van der Waals surface area (Å²) in [6, 6.07) is 1.20. The maximum Gasteiger partial charge on any atom is 0.250 e. The molecule has 2 aromatic rings. The molecule has 0 aliphatic heterocycles. The van der Waals surface area contributed by atoms with Crippen molar-refractivity contribution in [3.05, 3.63) is 34.5 Å². The zero-order valence-corrected chi connectivity index (χ0v) is 12.2. The summed E-state index contributed by atoms with van der Waals surface area (Å²) in [5, 5.41) is 15.5. The predicted molar refractivity (Wildman–Crippen MR) is 72.3 cm³/mol. The first-order chi connectivity index (χ1) is 8.94. The standard InChI is InChI=1S/C11H15N3O3S2/c1-7-3-11(18-10(7)6-15)19(16,17)14-8(2)9-4-12-13-5-9/h3-5,8,14-15H,6H2,1-2H3,(H,12,13). The molecule has 6 nitrogen and oxygen atoms in total. The summed E-state index contributed by atoms with van der Waals surface area (Å²) in [6.07, 6.45) is 3.22. The third kappa shape index (κ3) is 3.03. The van der Waals surface area contributed by atoms with Gasteiger partial charge in [-0.2, -0.15) is 5.10 Å². The Balaban J connectivity index is 2.22. The molecule has 0 saturated carbocycles. The molecule has 0 spiro atoms. The highest BCUT2D eigenvalue weighted by Gasteiger charge is 2.22. The lowest BCUT2D eigenvalue weighted by Gasteiger charge is -2.11. The van der Waals surface area contributed by atoms with Crippen molar-refractivity contribution >= 4 is 21.4 Å². The third-order valence-corrected chi connectivity index (χ3v) is 5.99. The van der Waals surface area contributed by atoms with Crippen LogP contribution >= 0.6 is 11.3 Å². The van der Waals surface area contributed by atoms with Crippen LogP contribution < -0.4 is 4.72 Å². The van der Waals surface area contributed by atoms with Crippen molar-refractivity contribution < 1.29 is 13.5 Å². The van der Waals surface area contributed by atoms with Crippen LogP contribution in [0.5, 0.6) is 0 Å². The smallest absolute Gasteiger partial charge is 0.250 e. The zero-order chi connectivity index (χ0) is 14.0. The topological polar surface area (TPSA) is 95.1 Å². The highest BCUT2D eigenvalue weighted by Crippen LogP contribution is 2.27. The number of aliphatic hydroxyl groups excluding tert-OH is 1. The Morgan fingerprint density at radius 1 is 1.58 bits per heavy atom. The number of nitrogens with zero attached hydrogens (tertiary/aromatic N) is 1. The molecule has 0 radical (unpaired) electrons. The van der Waals surface area contributed by atoms with Crippen LogP contribution in [0.3, 0.4) is 0 Å². The summed E-state index contributed by atoms with van der Waals surface area (Å²) in [4.78, 5) is 0.663. The molecule has 8 heteroatoms. The van der Waals surface area contributed by atoms with Crippen molar-refractivity contribution in [2.24, 2.45) is 0 Å². The summed E-state index contributed by atoms with van der Waals surface area (Å²) in [5.41, 5.74) is 1.54.